The number of carbonyl (C=O) groups excluding carboxylic acids is 1. The van der Waals surface area contributed by atoms with Gasteiger partial charge in [0.1, 0.15) is 11.6 Å². The van der Waals surface area contributed by atoms with Crippen molar-refractivity contribution >= 4 is 5.91 Å². The number of carbonyl (C=O) groups is 1. The van der Waals surface area contributed by atoms with Gasteiger partial charge in [0, 0.05) is 30.4 Å². The first kappa shape index (κ1) is 16.7. The average molecular weight is 339 g/mol. The third kappa shape index (κ3) is 3.85. The number of halogens is 2. The first-order valence-corrected chi connectivity index (χ1v) is 7.62. The maximum absolute atomic E-state index is 14.3. The monoisotopic (exact) mass is 339 g/mol. The number of aryl methyl sites for hydroxylation is 1. The fraction of sp³-hybridized carbons (Fsp3) is 0.105. The summed E-state index contributed by atoms with van der Waals surface area (Å²) in [5, 5.41) is 2.75. The fourth-order valence-electron chi connectivity index (χ4n) is 2.53. The number of nitrogens with one attached hydrogen (secondary N) is 1. The number of pyridine rings is 2. The molecular formula is C19H15F2N3O. The zero-order valence-corrected chi connectivity index (χ0v) is 13.4. The largest absolute Gasteiger partial charge is 0.341 e. The van der Waals surface area contributed by atoms with Crippen LogP contribution in [0.5, 0.6) is 0 Å². The molecular weight excluding hydrogens is 324 g/mol. The van der Waals surface area contributed by atoms with Gasteiger partial charge in [0.25, 0.3) is 5.91 Å². The fourth-order valence-corrected chi connectivity index (χ4v) is 2.53. The molecule has 3 aromatic rings. The molecule has 2 aromatic heterocycles. The van der Waals surface area contributed by atoms with Crippen molar-refractivity contribution in [1.29, 1.82) is 0 Å². The average Bonchev–Trinajstić information content (AvgIpc) is 2.62. The van der Waals surface area contributed by atoms with Crippen LogP contribution in [0.15, 0.2) is 61.2 Å². The normalized spacial score (nSPS) is 11.8. The van der Waals surface area contributed by atoms with Crippen LogP contribution in [0.4, 0.5) is 8.78 Å². The second-order valence-electron chi connectivity index (χ2n) is 5.60. The van der Waals surface area contributed by atoms with Gasteiger partial charge in [0.2, 0.25) is 0 Å². The van der Waals surface area contributed by atoms with E-state index in [1.807, 2.05) is 6.92 Å². The van der Waals surface area contributed by atoms with Gasteiger partial charge in [-0.15, -0.1) is 0 Å². The van der Waals surface area contributed by atoms with E-state index in [-0.39, 0.29) is 5.56 Å². The molecule has 4 nitrogen and oxygen atoms in total. The predicted octanol–water partition coefficient (Wildman–Crippen LogP) is 3.58. The topological polar surface area (TPSA) is 54.9 Å². The Labute approximate surface area is 143 Å². The van der Waals surface area contributed by atoms with Crippen molar-refractivity contribution in [2.24, 2.45) is 0 Å². The number of aromatic nitrogens is 2. The Morgan fingerprint density at radius 1 is 1.04 bits per heavy atom. The standard InChI is InChI=1S/C19H15F2N3O/c1-12-8-14(11-23-10-12)19(25)24-18(13-4-6-22-7-5-13)16-9-15(20)2-3-17(16)21/h2-11,18H,1H3,(H,24,25)/t18-/m1/s1. The molecule has 0 spiro atoms. The van der Waals surface area contributed by atoms with Crippen LogP contribution in [0.2, 0.25) is 0 Å². The predicted molar refractivity (Wildman–Crippen MR) is 88.9 cm³/mol. The maximum Gasteiger partial charge on any atom is 0.253 e. The van der Waals surface area contributed by atoms with E-state index in [0.29, 0.717) is 11.1 Å². The van der Waals surface area contributed by atoms with E-state index in [2.05, 4.69) is 15.3 Å². The Morgan fingerprint density at radius 2 is 1.80 bits per heavy atom. The minimum atomic E-state index is -0.855. The summed E-state index contributed by atoms with van der Waals surface area (Å²) in [6.07, 6.45) is 6.11. The zero-order chi connectivity index (χ0) is 17.8. The lowest BCUT2D eigenvalue weighted by Gasteiger charge is -2.20. The summed E-state index contributed by atoms with van der Waals surface area (Å²) in [6.45, 7) is 1.82. The Morgan fingerprint density at radius 3 is 2.52 bits per heavy atom. The number of amides is 1. The van der Waals surface area contributed by atoms with Crippen LogP contribution in [0.25, 0.3) is 0 Å². The molecule has 1 atom stereocenters. The molecule has 0 saturated carbocycles. The second-order valence-corrected chi connectivity index (χ2v) is 5.60. The van der Waals surface area contributed by atoms with E-state index < -0.39 is 23.6 Å². The van der Waals surface area contributed by atoms with Crippen LogP contribution >= 0.6 is 0 Å². The highest BCUT2D eigenvalue weighted by Crippen LogP contribution is 2.25. The van der Waals surface area contributed by atoms with Gasteiger partial charge in [-0.1, -0.05) is 0 Å². The Balaban J connectivity index is 2.00. The van der Waals surface area contributed by atoms with Gasteiger partial charge in [0.15, 0.2) is 0 Å². The van der Waals surface area contributed by atoms with Crippen LogP contribution in [0, 0.1) is 18.6 Å². The van der Waals surface area contributed by atoms with Crippen molar-refractivity contribution in [1.82, 2.24) is 15.3 Å². The van der Waals surface area contributed by atoms with E-state index in [0.717, 1.165) is 23.8 Å². The number of hydrogen-bond donors (Lipinski definition) is 1. The molecule has 25 heavy (non-hydrogen) atoms. The maximum atomic E-state index is 14.3. The van der Waals surface area contributed by atoms with Crippen LogP contribution in [0.3, 0.4) is 0 Å². The van der Waals surface area contributed by atoms with Crippen LogP contribution in [0.1, 0.15) is 33.1 Å². The number of benzene rings is 1. The van der Waals surface area contributed by atoms with E-state index >= 15 is 0 Å². The third-order valence-electron chi connectivity index (χ3n) is 3.72. The molecule has 0 saturated heterocycles. The quantitative estimate of drug-likeness (QED) is 0.790. The summed E-state index contributed by atoms with van der Waals surface area (Å²) in [4.78, 5) is 20.5. The highest BCUT2D eigenvalue weighted by molar-refractivity contribution is 5.94. The molecule has 0 aliphatic heterocycles. The molecule has 0 aliphatic rings. The van der Waals surface area contributed by atoms with Crippen molar-refractivity contribution < 1.29 is 13.6 Å². The summed E-state index contributed by atoms with van der Waals surface area (Å²) in [6, 6.07) is 7.26. The third-order valence-corrected chi connectivity index (χ3v) is 3.72. The van der Waals surface area contributed by atoms with Gasteiger partial charge in [-0.05, 0) is 54.4 Å². The van der Waals surface area contributed by atoms with Crippen molar-refractivity contribution in [3.8, 4) is 0 Å². The highest BCUT2D eigenvalue weighted by Gasteiger charge is 2.22. The van der Waals surface area contributed by atoms with Gasteiger partial charge in [-0.2, -0.15) is 0 Å². The van der Waals surface area contributed by atoms with E-state index in [1.54, 1.807) is 24.4 Å². The van der Waals surface area contributed by atoms with E-state index in [4.69, 9.17) is 0 Å². The van der Waals surface area contributed by atoms with Crippen molar-refractivity contribution in [2.75, 3.05) is 0 Å². The minimum Gasteiger partial charge on any atom is -0.341 e. The van der Waals surface area contributed by atoms with E-state index in [9.17, 15) is 13.6 Å². The molecule has 0 fully saturated rings. The summed E-state index contributed by atoms with van der Waals surface area (Å²) in [5.41, 5.74) is 1.80. The molecule has 1 N–H and O–H groups in total. The van der Waals surface area contributed by atoms with Crippen molar-refractivity contribution in [3.05, 3.63) is 95.1 Å². The highest BCUT2D eigenvalue weighted by atomic mass is 19.1. The second kappa shape index (κ2) is 7.17. The summed E-state index contributed by atoms with van der Waals surface area (Å²) >= 11 is 0. The lowest BCUT2D eigenvalue weighted by Crippen LogP contribution is -2.30. The van der Waals surface area contributed by atoms with Gasteiger partial charge < -0.3 is 5.32 Å². The Bertz CT molecular complexity index is 900. The van der Waals surface area contributed by atoms with Gasteiger partial charge >= 0.3 is 0 Å². The Hall–Kier alpha value is -3.15. The van der Waals surface area contributed by atoms with Gasteiger partial charge in [0.05, 0.1) is 11.6 Å². The lowest BCUT2D eigenvalue weighted by atomic mass is 9.98. The molecule has 2 heterocycles. The van der Waals surface area contributed by atoms with Crippen LogP contribution < -0.4 is 5.32 Å². The lowest BCUT2D eigenvalue weighted by molar-refractivity contribution is 0.0942. The Kier molecular flexibility index (Phi) is 4.79. The van der Waals surface area contributed by atoms with Crippen molar-refractivity contribution in [2.45, 2.75) is 13.0 Å². The molecule has 1 aromatic carbocycles. The van der Waals surface area contributed by atoms with Crippen molar-refractivity contribution in [3.63, 3.8) is 0 Å². The number of rotatable bonds is 4. The molecule has 6 heteroatoms. The zero-order valence-electron chi connectivity index (χ0n) is 13.4. The first-order chi connectivity index (χ1) is 12.0. The number of hydrogen-bond acceptors (Lipinski definition) is 3. The van der Waals surface area contributed by atoms with Gasteiger partial charge in [-0.3, -0.25) is 14.8 Å². The molecule has 0 unspecified atom stereocenters. The molecule has 126 valence electrons. The molecule has 1 amide bonds. The SMILES string of the molecule is Cc1cncc(C(=O)N[C@H](c2ccncc2)c2cc(F)ccc2F)c1. The van der Waals surface area contributed by atoms with Crippen LogP contribution in [-0.2, 0) is 0 Å². The van der Waals surface area contributed by atoms with Gasteiger partial charge in [-0.25, -0.2) is 8.78 Å². The van der Waals surface area contributed by atoms with Crippen LogP contribution in [-0.4, -0.2) is 15.9 Å². The first-order valence-electron chi connectivity index (χ1n) is 7.62. The smallest absolute Gasteiger partial charge is 0.253 e. The molecule has 0 aliphatic carbocycles. The van der Waals surface area contributed by atoms with E-state index in [1.165, 1.54) is 18.6 Å². The molecule has 3 rings (SSSR count). The number of nitrogens with zero attached hydrogens (tertiary/aromatic N) is 2. The summed E-state index contributed by atoms with van der Waals surface area (Å²) in [5.74, 6) is -1.62. The minimum absolute atomic E-state index is 0.0418. The summed E-state index contributed by atoms with van der Waals surface area (Å²) < 4.78 is 27.9. The summed E-state index contributed by atoms with van der Waals surface area (Å²) in [7, 11) is 0. The molecule has 0 radical (unpaired) electrons. The molecule has 0 bridgehead atoms.